The second-order valence-electron chi connectivity index (χ2n) is 9.08. The van der Waals surface area contributed by atoms with Gasteiger partial charge < -0.3 is 9.47 Å². The van der Waals surface area contributed by atoms with Crippen LogP contribution in [0.25, 0.3) is 6.08 Å². The molecule has 0 saturated heterocycles. The van der Waals surface area contributed by atoms with Gasteiger partial charge in [-0.15, -0.1) is 0 Å². The maximum absolute atomic E-state index is 12.7. The Morgan fingerprint density at radius 3 is 2.17 bits per heavy atom. The first-order valence-corrected chi connectivity index (χ1v) is 14.5. The Hall–Kier alpha value is -4.80. The van der Waals surface area contributed by atoms with E-state index in [1.54, 1.807) is 72.8 Å². The molecule has 0 aliphatic heterocycles. The largest absolute Gasteiger partial charge is 0.497 e. The molecule has 2 amide bonds. The molecule has 3 N–H and O–H groups in total. The van der Waals surface area contributed by atoms with E-state index in [-0.39, 0.29) is 4.90 Å². The molecule has 0 aliphatic rings. The lowest BCUT2D eigenvalue weighted by Crippen LogP contribution is -2.40. The van der Waals surface area contributed by atoms with Crippen LogP contribution in [0.15, 0.2) is 102 Å². The van der Waals surface area contributed by atoms with Gasteiger partial charge in [0.15, 0.2) is 0 Å². The number of halogens is 1. The van der Waals surface area contributed by atoms with Crippen LogP contribution in [-0.4, -0.2) is 27.3 Å². The average Bonchev–Trinajstić information content (AvgIpc) is 3.00. The van der Waals surface area contributed by atoms with E-state index in [0.29, 0.717) is 39.9 Å². The van der Waals surface area contributed by atoms with E-state index in [4.69, 9.17) is 21.1 Å². The summed E-state index contributed by atoms with van der Waals surface area (Å²) >= 11 is 6.04. The molecule has 216 valence electrons. The smallest absolute Gasteiger partial charge is 0.269 e. The summed E-state index contributed by atoms with van der Waals surface area (Å²) in [6.07, 6.45) is 2.71. The highest BCUT2D eigenvalue weighted by molar-refractivity contribution is 7.92. The quantitative estimate of drug-likeness (QED) is 0.162. The number of benzene rings is 4. The van der Waals surface area contributed by atoms with Gasteiger partial charge in [-0.05, 0) is 96.4 Å². The van der Waals surface area contributed by atoms with E-state index in [9.17, 15) is 18.0 Å². The predicted octanol–water partition coefficient (Wildman–Crippen LogP) is 5.51. The zero-order chi connectivity index (χ0) is 30.1. The molecule has 4 aromatic rings. The van der Waals surface area contributed by atoms with Crippen LogP contribution in [0.1, 0.15) is 27.0 Å². The van der Waals surface area contributed by atoms with E-state index < -0.39 is 21.8 Å². The van der Waals surface area contributed by atoms with Gasteiger partial charge in [-0.25, -0.2) is 8.42 Å². The Morgan fingerprint density at radius 2 is 1.52 bits per heavy atom. The Bertz CT molecular complexity index is 1690. The molecule has 0 bridgehead atoms. The molecule has 0 fully saturated rings. The Morgan fingerprint density at radius 1 is 0.857 bits per heavy atom. The normalized spacial score (nSPS) is 11.1. The zero-order valence-electron chi connectivity index (χ0n) is 22.8. The number of hydrazine groups is 1. The van der Waals surface area contributed by atoms with Gasteiger partial charge in [0.05, 0.1) is 12.0 Å². The summed E-state index contributed by atoms with van der Waals surface area (Å²) in [7, 11) is -2.28. The molecule has 0 atom stereocenters. The molecule has 4 aromatic carbocycles. The van der Waals surface area contributed by atoms with Gasteiger partial charge in [-0.1, -0.05) is 35.9 Å². The molecule has 42 heavy (non-hydrogen) atoms. The van der Waals surface area contributed by atoms with Crippen molar-refractivity contribution in [2.24, 2.45) is 0 Å². The summed E-state index contributed by atoms with van der Waals surface area (Å²) in [5, 5.41) is 0.668. The number of hydrogen-bond donors (Lipinski definition) is 3. The summed E-state index contributed by atoms with van der Waals surface area (Å²) in [6, 6.07) is 24.7. The first kappa shape index (κ1) is 30.2. The van der Waals surface area contributed by atoms with Gasteiger partial charge in [0, 0.05) is 22.3 Å². The van der Waals surface area contributed by atoms with Gasteiger partial charge in [-0.3, -0.25) is 25.2 Å². The predicted molar refractivity (Wildman–Crippen MR) is 162 cm³/mol. The van der Waals surface area contributed by atoms with Crippen molar-refractivity contribution in [1.82, 2.24) is 10.9 Å². The number of carbonyl (C=O) groups is 2. The Labute approximate surface area is 249 Å². The lowest BCUT2D eigenvalue weighted by molar-refractivity contribution is -0.117. The van der Waals surface area contributed by atoms with Crippen LogP contribution < -0.4 is 25.0 Å². The molecule has 11 heteroatoms. The van der Waals surface area contributed by atoms with Crippen LogP contribution in [0, 0.1) is 6.92 Å². The minimum Gasteiger partial charge on any atom is -0.497 e. The molecule has 0 aliphatic carbocycles. The number of sulfonamides is 1. The van der Waals surface area contributed by atoms with E-state index in [0.717, 1.165) is 11.1 Å². The van der Waals surface area contributed by atoms with E-state index in [1.165, 1.54) is 31.4 Å². The lowest BCUT2D eigenvalue weighted by Gasteiger charge is -2.09. The summed E-state index contributed by atoms with van der Waals surface area (Å²) in [6.45, 7) is 2.21. The van der Waals surface area contributed by atoms with E-state index in [2.05, 4.69) is 15.6 Å². The number of methoxy groups -OCH3 is 1. The average molecular weight is 606 g/mol. The third-order valence-electron chi connectivity index (χ3n) is 6.01. The first-order valence-electron chi connectivity index (χ1n) is 12.7. The summed E-state index contributed by atoms with van der Waals surface area (Å²) < 4.78 is 38.6. The molecular weight excluding hydrogens is 578 g/mol. The molecule has 0 radical (unpaired) electrons. The molecule has 9 nitrogen and oxygen atoms in total. The van der Waals surface area contributed by atoms with Gasteiger partial charge >= 0.3 is 0 Å². The maximum atomic E-state index is 12.7. The number of carbonyl (C=O) groups excluding carboxylic acids is 2. The lowest BCUT2D eigenvalue weighted by atomic mass is 10.1. The molecule has 0 saturated carbocycles. The van der Waals surface area contributed by atoms with E-state index >= 15 is 0 Å². The van der Waals surface area contributed by atoms with Crippen molar-refractivity contribution in [1.29, 1.82) is 0 Å². The van der Waals surface area contributed by atoms with Gasteiger partial charge in [0.2, 0.25) is 0 Å². The topological polar surface area (TPSA) is 123 Å². The minimum absolute atomic E-state index is 0.0600. The van der Waals surface area contributed by atoms with Crippen LogP contribution in [0.2, 0.25) is 5.02 Å². The summed E-state index contributed by atoms with van der Waals surface area (Å²) in [5.41, 5.74) is 7.79. The highest BCUT2D eigenvalue weighted by Gasteiger charge is 2.14. The molecule has 0 heterocycles. The van der Waals surface area contributed by atoms with Crippen molar-refractivity contribution < 1.29 is 27.5 Å². The van der Waals surface area contributed by atoms with Crippen molar-refractivity contribution in [2.45, 2.75) is 18.4 Å². The first-order chi connectivity index (χ1) is 20.1. The number of amides is 2. The summed E-state index contributed by atoms with van der Waals surface area (Å²) in [4.78, 5) is 24.7. The van der Waals surface area contributed by atoms with Crippen LogP contribution in [0.5, 0.6) is 11.5 Å². The molecule has 4 rings (SSSR count). The van der Waals surface area contributed by atoms with Crippen molar-refractivity contribution in [2.75, 3.05) is 11.8 Å². The van der Waals surface area contributed by atoms with Crippen molar-refractivity contribution in [3.05, 3.63) is 124 Å². The third kappa shape index (κ3) is 8.35. The second kappa shape index (κ2) is 13.7. The SMILES string of the molecule is COc1ccc(NS(=O)(=O)c2ccc(C=CC(=O)NNC(=O)c3ccc(COc4ccc(Cl)c(C)c4)cc3)cc2)cc1. The number of aryl methyl sites for hydroxylation is 1. The Kier molecular flexibility index (Phi) is 9.85. The summed E-state index contributed by atoms with van der Waals surface area (Å²) in [5.74, 6) is 0.247. The van der Waals surface area contributed by atoms with Gasteiger partial charge in [0.1, 0.15) is 18.1 Å². The number of anilines is 1. The fourth-order valence-electron chi connectivity index (χ4n) is 3.66. The van der Waals surface area contributed by atoms with Crippen LogP contribution in [0.3, 0.4) is 0 Å². The highest BCUT2D eigenvalue weighted by atomic mass is 35.5. The minimum atomic E-state index is -3.80. The van der Waals surface area contributed by atoms with Crippen molar-refractivity contribution >= 4 is 45.2 Å². The van der Waals surface area contributed by atoms with Gasteiger partial charge in [0.25, 0.3) is 21.8 Å². The van der Waals surface area contributed by atoms with Crippen LogP contribution in [0.4, 0.5) is 5.69 Å². The zero-order valence-corrected chi connectivity index (χ0v) is 24.3. The Balaban J connectivity index is 1.24. The number of nitrogens with one attached hydrogen (secondary N) is 3. The highest BCUT2D eigenvalue weighted by Crippen LogP contribution is 2.22. The van der Waals surface area contributed by atoms with E-state index in [1.807, 2.05) is 13.0 Å². The fourth-order valence-corrected chi connectivity index (χ4v) is 4.84. The number of hydrogen-bond acceptors (Lipinski definition) is 6. The maximum Gasteiger partial charge on any atom is 0.269 e. The fraction of sp³-hybridized carbons (Fsp3) is 0.0968. The van der Waals surface area contributed by atoms with Crippen LogP contribution >= 0.6 is 11.6 Å². The number of rotatable bonds is 10. The molecule has 0 unspecified atom stereocenters. The monoisotopic (exact) mass is 605 g/mol. The number of ether oxygens (including phenoxy) is 2. The second-order valence-corrected chi connectivity index (χ2v) is 11.2. The van der Waals surface area contributed by atoms with Crippen molar-refractivity contribution in [3.8, 4) is 11.5 Å². The standard InChI is InChI=1S/C31H28ClN3O6S/c1-21-19-27(14-17-29(21)32)41-20-23-3-8-24(9-4-23)31(37)34-33-30(36)18-7-22-5-15-28(16-6-22)42(38,39)35-25-10-12-26(40-2)13-11-25/h3-19,35H,20H2,1-2H3,(H,33,36)(H,34,37). The van der Waals surface area contributed by atoms with Crippen molar-refractivity contribution in [3.63, 3.8) is 0 Å². The molecular formula is C31H28ClN3O6S. The third-order valence-corrected chi connectivity index (χ3v) is 7.83. The van der Waals surface area contributed by atoms with Crippen LogP contribution in [-0.2, 0) is 21.4 Å². The van der Waals surface area contributed by atoms with Gasteiger partial charge in [-0.2, -0.15) is 0 Å². The molecule has 0 spiro atoms. The molecule has 0 aromatic heterocycles.